The first-order valence-corrected chi connectivity index (χ1v) is 10.7. The highest BCUT2D eigenvalue weighted by atomic mass is 19.4. The van der Waals surface area contributed by atoms with Crippen LogP contribution < -0.4 is 5.32 Å². The molecule has 1 aliphatic heterocycles. The summed E-state index contributed by atoms with van der Waals surface area (Å²) in [6.45, 7) is 7.28. The molecular formula is C23H28F3N5O. The average molecular weight is 448 g/mol. The summed E-state index contributed by atoms with van der Waals surface area (Å²) in [5.41, 5.74) is 1.12. The van der Waals surface area contributed by atoms with Crippen LogP contribution in [-0.2, 0) is 17.5 Å². The van der Waals surface area contributed by atoms with Gasteiger partial charge in [-0.25, -0.2) is 0 Å². The predicted molar refractivity (Wildman–Crippen MR) is 114 cm³/mol. The molecule has 0 radical (unpaired) electrons. The van der Waals surface area contributed by atoms with Crippen molar-refractivity contribution in [3.05, 3.63) is 41.6 Å². The zero-order valence-corrected chi connectivity index (χ0v) is 18.5. The maximum atomic E-state index is 12.8. The summed E-state index contributed by atoms with van der Waals surface area (Å²) in [4.78, 5) is 14.1. The molecule has 9 heteroatoms. The first-order valence-electron chi connectivity index (χ1n) is 10.7. The number of amides is 1. The summed E-state index contributed by atoms with van der Waals surface area (Å²) in [5, 5.41) is 17.0. The molecule has 0 saturated carbocycles. The van der Waals surface area contributed by atoms with Crippen LogP contribution in [0.5, 0.6) is 0 Å². The smallest absolute Gasteiger partial charge is 0.326 e. The van der Waals surface area contributed by atoms with Gasteiger partial charge < -0.3 is 10.2 Å². The second kappa shape index (κ2) is 9.33. The molecule has 0 unspecified atom stereocenters. The molecule has 0 bridgehead atoms. The summed E-state index contributed by atoms with van der Waals surface area (Å²) >= 11 is 0. The van der Waals surface area contributed by atoms with E-state index >= 15 is 0 Å². The van der Waals surface area contributed by atoms with Gasteiger partial charge in [-0.3, -0.25) is 9.48 Å². The Hall–Kier alpha value is -2.86. The van der Waals surface area contributed by atoms with E-state index < -0.39 is 11.7 Å². The number of likely N-dealkylation sites (tertiary alicyclic amines) is 1. The first kappa shape index (κ1) is 23.8. The molecule has 2 heterocycles. The van der Waals surface area contributed by atoms with Crippen molar-refractivity contribution in [2.24, 2.45) is 0 Å². The minimum absolute atomic E-state index is 0.0676. The fraction of sp³-hybridized carbons (Fsp3) is 0.522. The molecule has 1 aromatic carbocycles. The molecule has 6 nitrogen and oxygen atoms in total. The highest BCUT2D eigenvalue weighted by Gasteiger charge is 2.31. The third kappa shape index (κ3) is 5.68. The fourth-order valence-corrected chi connectivity index (χ4v) is 3.80. The molecule has 1 saturated heterocycles. The van der Waals surface area contributed by atoms with Gasteiger partial charge in [0.2, 0.25) is 5.91 Å². The molecule has 32 heavy (non-hydrogen) atoms. The SMILES string of the molecule is Cc1cc(-c2ccc(C(F)(F)F)cc2)nn1CCC(C)(C)NCC(=O)N1CCC[C@H]1C#N. The van der Waals surface area contributed by atoms with Gasteiger partial charge in [0.25, 0.3) is 0 Å². The van der Waals surface area contributed by atoms with Crippen molar-refractivity contribution in [1.82, 2.24) is 20.0 Å². The van der Waals surface area contributed by atoms with Gasteiger partial charge in [-0.15, -0.1) is 0 Å². The molecule has 3 rings (SSSR count). The van der Waals surface area contributed by atoms with E-state index in [1.807, 2.05) is 31.5 Å². The van der Waals surface area contributed by atoms with E-state index in [0.29, 0.717) is 30.8 Å². The van der Waals surface area contributed by atoms with Crippen molar-refractivity contribution >= 4 is 5.91 Å². The van der Waals surface area contributed by atoms with Gasteiger partial charge in [0, 0.05) is 29.9 Å². The maximum absolute atomic E-state index is 12.8. The van der Waals surface area contributed by atoms with Crippen LogP contribution in [0.4, 0.5) is 13.2 Å². The molecule has 1 aromatic heterocycles. The lowest BCUT2D eigenvalue weighted by Crippen LogP contribution is -2.48. The zero-order chi connectivity index (χ0) is 23.5. The van der Waals surface area contributed by atoms with Crippen LogP contribution in [0.15, 0.2) is 30.3 Å². The lowest BCUT2D eigenvalue weighted by Gasteiger charge is -2.28. The lowest BCUT2D eigenvalue weighted by molar-refractivity contribution is -0.137. The highest BCUT2D eigenvalue weighted by Crippen LogP contribution is 2.31. The monoisotopic (exact) mass is 447 g/mol. The van der Waals surface area contributed by atoms with E-state index in [2.05, 4.69) is 16.5 Å². The third-order valence-electron chi connectivity index (χ3n) is 5.88. The minimum atomic E-state index is -4.36. The van der Waals surface area contributed by atoms with E-state index in [1.165, 1.54) is 12.1 Å². The van der Waals surface area contributed by atoms with Crippen LogP contribution in [-0.4, -0.2) is 45.3 Å². The number of alkyl halides is 3. The van der Waals surface area contributed by atoms with Gasteiger partial charge >= 0.3 is 6.18 Å². The highest BCUT2D eigenvalue weighted by molar-refractivity contribution is 5.79. The molecular weight excluding hydrogens is 419 g/mol. The number of nitrogens with zero attached hydrogens (tertiary/aromatic N) is 4. The zero-order valence-electron chi connectivity index (χ0n) is 18.5. The number of aromatic nitrogens is 2. The Labute approximate surface area is 186 Å². The largest absolute Gasteiger partial charge is 0.416 e. The van der Waals surface area contributed by atoms with Gasteiger partial charge in [-0.2, -0.15) is 23.5 Å². The number of carbonyl (C=O) groups excluding carboxylic acids is 1. The van der Waals surface area contributed by atoms with Crippen LogP contribution in [0.25, 0.3) is 11.3 Å². The van der Waals surface area contributed by atoms with Crippen molar-refractivity contribution in [3.8, 4) is 17.3 Å². The van der Waals surface area contributed by atoms with Gasteiger partial charge in [0.1, 0.15) is 6.04 Å². The van der Waals surface area contributed by atoms with Gasteiger partial charge in [-0.05, 0) is 58.2 Å². The molecule has 1 N–H and O–H groups in total. The van der Waals surface area contributed by atoms with Crippen molar-refractivity contribution < 1.29 is 18.0 Å². The van der Waals surface area contributed by atoms with Gasteiger partial charge in [-0.1, -0.05) is 12.1 Å². The van der Waals surface area contributed by atoms with Crippen LogP contribution in [0.1, 0.15) is 44.4 Å². The Kier molecular flexibility index (Phi) is 6.94. The van der Waals surface area contributed by atoms with E-state index in [-0.39, 0.29) is 24.0 Å². The Bertz CT molecular complexity index is 989. The minimum Gasteiger partial charge on any atom is -0.326 e. The topological polar surface area (TPSA) is 74.0 Å². The summed E-state index contributed by atoms with van der Waals surface area (Å²) < 4.78 is 40.2. The number of hydrogen-bond donors (Lipinski definition) is 1. The number of carbonyl (C=O) groups is 1. The number of nitrogens with one attached hydrogen (secondary N) is 1. The maximum Gasteiger partial charge on any atom is 0.416 e. The molecule has 1 aliphatic rings. The van der Waals surface area contributed by atoms with Crippen molar-refractivity contribution in [2.45, 2.75) is 64.3 Å². The van der Waals surface area contributed by atoms with E-state index in [4.69, 9.17) is 5.26 Å². The summed E-state index contributed by atoms with van der Waals surface area (Å²) in [5.74, 6) is -0.0676. The number of hydrogen-bond acceptors (Lipinski definition) is 4. The van der Waals surface area contributed by atoms with Crippen LogP contribution >= 0.6 is 0 Å². The molecule has 1 atom stereocenters. The Morgan fingerprint density at radius 2 is 1.97 bits per heavy atom. The van der Waals surface area contributed by atoms with Crippen molar-refractivity contribution in [2.75, 3.05) is 13.1 Å². The molecule has 0 spiro atoms. The molecule has 1 fully saturated rings. The van der Waals surface area contributed by atoms with Gasteiger partial charge in [0.15, 0.2) is 0 Å². The van der Waals surface area contributed by atoms with Crippen LogP contribution in [0.2, 0.25) is 0 Å². The third-order valence-corrected chi connectivity index (χ3v) is 5.88. The Balaban J connectivity index is 1.57. The van der Waals surface area contributed by atoms with E-state index in [1.54, 1.807) is 4.90 Å². The normalized spacial score (nSPS) is 16.9. The number of rotatable bonds is 7. The molecule has 172 valence electrons. The lowest BCUT2D eigenvalue weighted by atomic mass is 10.0. The van der Waals surface area contributed by atoms with E-state index in [0.717, 1.165) is 30.7 Å². The standard InChI is InChI=1S/C23H28F3N5O/c1-16-13-20(17-6-8-18(9-7-17)23(24,25)26)29-31(16)12-10-22(2,3)28-15-21(32)30-11-4-5-19(30)14-27/h6-9,13,19,28H,4-5,10-12,15H2,1-3H3/t19-/m0/s1. The molecule has 1 amide bonds. The molecule has 2 aromatic rings. The van der Waals surface area contributed by atoms with Gasteiger partial charge in [0.05, 0.1) is 23.9 Å². The van der Waals surface area contributed by atoms with Crippen LogP contribution in [0, 0.1) is 18.3 Å². The quantitative estimate of drug-likeness (QED) is 0.692. The van der Waals surface area contributed by atoms with Crippen LogP contribution in [0.3, 0.4) is 0 Å². The average Bonchev–Trinajstić information content (AvgIpc) is 3.36. The number of aryl methyl sites for hydroxylation is 2. The Morgan fingerprint density at radius 1 is 1.28 bits per heavy atom. The van der Waals surface area contributed by atoms with Crippen molar-refractivity contribution in [1.29, 1.82) is 5.26 Å². The first-order chi connectivity index (χ1) is 15.0. The number of nitriles is 1. The van der Waals surface area contributed by atoms with E-state index in [9.17, 15) is 18.0 Å². The van der Waals surface area contributed by atoms with Crippen molar-refractivity contribution in [3.63, 3.8) is 0 Å². The predicted octanol–water partition coefficient (Wildman–Crippen LogP) is 4.15. The summed E-state index contributed by atoms with van der Waals surface area (Å²) in [6.07, 6.45) is -2.09. The fourth-order valence-electron chi connectivity index (χ4n) is 3.80. The second-order valence-electron chi connectivity index (χ2n) is 8.83. The summed E-state index contributed by atoms with van der Waals surface area (Å²) in [7, 11) is 0. The second-order valence-corrected chi connectivity index (χ2v) is 8.83. The Morgan fingerprint density at radius 3 is 2.59 bits per heavy atom. The molecule has 0 aliphatic carbocycles. The number of benzene rings is 1. The number of halogens is 3. The summed E-state index contributed by atoms with van der Waals surface area (Å²) in [6, 6.07) is 8.68.